The number of carbonyl (C=O) groups excluding carboxylic acids is 1. The lowest BCUT2D eigenvalue weighted by atomic mass is 10.1. The Labute approximate surface area is 146 Å². The lowest BCUT2D eigenvalue weighted by Crippen LogP contribution is -2.13. The Hall–Kier alpha value is -3.70. The van der Waals surface area contributed by atoms with Crippen LogP contribution >= 0.6 is 0 Å². The number of hydrogen-bond acceptors (Lipinski definition) is 4. The van der Waals surface area contributed by atoms with Crippen LogP contribution in [0.2, 0.25) is 0 Å². The van der Waals surface area contributed by atoms with Gasteiger partial charge in [-0.05, 0) is 36.4 Å². The van der Waals surface area contributed by atoms with Gasteiger partial charge in [0.15, 0.2) is 0 Å². The molecule has 0 aliphatic rings. The van der Waals surface area contributed by atoms with Gasteiger partial charge in [-0.2, -0.15) is 5.26 Å². The monoisotopic (exact) mass is 332 g/mol. The van der Waals surface area contributed by atoms with Gasteiger partial charge in [0, 0.05) is 11.3 Å². The molecule has 2 aromatic rings. The molecule has 0 radical (unpaired) electrons. The highest BCUT2D eigenvalue weighted by atomic mass is 16.5. The summed E-state index contributed by atoms with van der Waals surface area (Å²) in [6, 6.07) is 15.7. The maximum absolute atomic E-state index is 12.3. The zero-order valence-electron chi connectivity index (χ0n) is 13.7. The molecule has 1 amide bonds. The highest BCUT2D eigenvalue weighted by molar-refractivity contribution is 6.09. The van der Waals surface area contributed by atoms with Crippen LogP contribution < -0.4 is 14.8 Å². The number of rotatable bonds is 6. The van der Waals surface area contributed by atoms with Crippen molar-refractivity contribution in [2.75, 3.05) is 19.0 Å². The smallest absolute Gasteiger partial charge is 0.266 e. The van der Waals surface area contributed by atoms with E-state index in [4.69, 9.17) is 15.9 Å². The van der Waals surface area contributed by atoms with Crippen molar-refractivity contribution >= 4 is 17.7 Å². The number of carbonyl (C=O) groups is 1. The molecule has 0 aliphatic carbocycles. The van der Waals surface area contributed by atoms with Gasteiger partial charge in [0.1, 0.15) is 29.7 Å². The maximum atomic E-state index is 12.3. The van der Waals surface area contributed by atoms with Crippen molar-refractivity contribution < 1.29 is 14.3 Å². The predicted molar refractivity (Wildman–Crippen MR) is 96.0 cm³/mol. The summed E-state index contributed by atoms with van der Waals surface area (Å²) >= 11 is 0. The van der Waals surface area contributed by atoms with Gasteiger partial charge < -0.3 is 14.8 Å². The lowest BCUT2D eigenvalue weighted by molar-refractivity contribution is -0.112. The Morgan fingerprint density at radius 1 is 1.24 bits per heavy atom. The van der Waals surface area contributed by atoms with Crippen LogP contribution in [-0.4, -0.2) is 19.6 Å². The van der Waals surface area contributed by atoms with Gasteiger partial charge in [-0.3, -0.25) is 4.79 Å². The van der Waals surface area contributed by atoms with E-state index in [0.29, 0.717) is 22.7 Å². The molecule has 124 valence electrons. The van der Waals surface area contributed by atoms with Crippen molar-refractivity contribution in [3.8, 4) is 29.9 Å². The summed E-state index contributed by atoms with van der Waals surface area (Å²) in [4.78, 5) is 12.3. The molecule has 25 heavy (non-hydrogen) atoms. The quantitative estimate of drug-likeness (QED) is 0.501. The van der Waals surface area contributed by atoms with Crippen LogP contribution in [0.1, 0.15) is 5.56 Å². The van der Waals surface area contributed by atoms with E-state index in [0.717, 1.165) is 0 Å². The van der Waals surface area contributed by atoms with Crippen LogP contribution in [0.3, 0.4) is 0 Å². The summed E-state index contributed by atoms with van der Waals surface area (Å²) in [5.74, 6) is 3.04. The van der Waals surface area contributed by atoms with Crippen LogP contribution in [0.4, 0.5) is 5.69 Å². The molecule has 2 aromatic carbocycles. The molecule has 0 atom stereocenters. The minimum Gasteiger partial charge on any atom is -0.497 e. The molecule has 0 bridgehead atoms. The summed E-state index contributed by atoms with van der Waals surface area (Å²) in [6.07, 6.45) is 6.66. The summed E-state index contributed by atoms with van der Waals surface area (Å²) in [5, 5.41) is 12.0. The first-order chi connectivity index (χ1) is 12.2. The molecule has 0 aliphatic heterocycles. The topological polar surface area (TPSA) is 71.3 Å². The second-order valence-corrected chi connectivity index (χ2v) is 4.88. The molecule has 0 saturated carbocycles. The Morgan fingerprint density at radius 2 is 1.96 bits per heavy atom. The zero-order chi connectivity index (χ0) is 18.1. The van der Waals surface area contributed by atoms with Gasteiger partial charge in [-0.15, -0.1) is 6.42 Å². The minimum absolute atomic E-state index is 0.0485. The van der Waals surface area contributed by atoms with Crippen molar-refractivity contribution in [3.63, 3.8) is 0 Å². The average molecular weight is 332 g/mol. The first-order valence-corrected chi connectivity index (χ1v) is 7.40. The SMILES string of the molecule is C#CCOc1ccccc1/C=C(\C#N)C(=O)Nc1ccc(OC)cc1. The minimum atomic E-state index is -0.514. The number of para-hydroxylation sites is 1. The molecule has 0 unspecified atom stereocenters. The van der Waals surface area contributed by atoms with Crippen molar-refractivity contribution in [3.05, 3.63) is 59.7 Å². The van der Waals surface area contributed by atoms with E-state index < -0.39 is 5.91 Å². The molecule has 5 nitrogen and oxygen atoms in total. The van der Waals surface area contributed by atoms with Crippen molar-refractivity contribution in [1.82, 2.24) is 0 Å². The summed E-state index contributed by atoms with van der Waals surface area (Å²) in [7, 11) is 1.56. The fraction of sp³-hybridized carbons (Fsp3) is 0.100. The molecule has 2 rings (SSSR count). The highest BCUT2D eigenvalue weighted by Gasteiger charge is 2.11. The van der Waals surface area contributed by atoms with Crippen molar-refractivity contribution in [2.45, 2.75) is 0 Å². The second kappa shape index (κ2) is 8.81. The number of terminal acetylenes is 1. The number of amides is 1. The Bertz CT molecular complexity index is 856. The number of nitrogens with zero attached hydrogens (tertiary/aromatic N) is 1. The van der Waals surface area contributed by atoms with Gasteiger partial charge in [-0.1, -0.05) is 24.1 Å². The number of ether oxygens (including phenoxy) is 2. The number of benzene rings is 2. The summed E-state index contributed by atoms with van der Waals surface area (Å²) < 4.78 is 10.5. The van der Waals surface area contributed by atoms with Crippen molar-refractivity contribution in [1.29, 1.82) is 5.26 Å². The zero-order valence-corrected chi connectivity index (χ0v) is 13.7. The normalized spacial score (nSPS) is 10.3. The van der Waals surface area contributed by atoms with Crippen LogP contribution in [0.5, 0.6) is 11.5 Å². The summed E-state index contributed by atoms with van der Waals surface area (Å²) in [6.45, 7) is 0.102. The fourth-order valence-electron chi connectivity index (χ4n) is 2.03. The standard InChI is InChI=1S/C20H16N2O3/c1-3-12-25-19-7-5-4-6-15(19)13-16(14-21)20(23)22-17-8-10-18(24-2)11-9-17/h1,4-11,13H,12H2,2H3,(H,22,23)/b16-13+. The molecule has 5 heteroatoms. The van der Waals surface area contributed by atoms with Gasteiger partial charge in [0.2, 0.25) is 0 Å². The molecule has 0 saturated heterocycles. The highest BCUT2D eigenvalue weighted by Crippen LogP contribution is 2.22. The lowest BCUT2D eigenvalue weighted by Gasteiger charge is -2.08. The van der Waals surface area contributed by atoms with Gasteiger partial charge in [0.05, 0.1) is 7.11 Å². The van der Waals surface area contributed by atoms with Crippen LogP contribution in [0, 0.1) is 23.7 Å². The van der Waals surface area contributed by atoms with Gasteiger partial charge in [0.25, 0.3) is 5.91 Å². The average Bonchev–Trinajstić information content (AvgIpc) is 2.65. The molecule has 0 spiro atoms. The summed E-state index contributed by atoms with van der Waals surface area (Å²) in [5.41, 5.74) is 1.11. The fourth-order valence-corrected chi connectivity index (χ4v) is 2.03. The Kier molecular flexibility index (Phi) is 6.22. The van der Waals surface area contributed by atoms with Crippen molar-refractivity contribution in [2.24, 2.45) is 0 Å². The Balaban J connectivity index is 2.21. The largest absolute Gasteiger partial charge is 0.497 e. The van der Waals surface area contributed by atoms with E-state index in [1.165, 1.54) is 6.08 Å². The van der Waals surface area contributed by atoms with Crippen LogP contribution in [0.15, 0.2) is 54.1 Å². The first-order valence-electron chi connectivity index (χ1n) is 7.40. The number of hydrogen-bond donors (Lipinski definition) is 1. The molecular weight excluding hydrogens is 316 g/mol. The van der Waals surface area contributed by atoms with Crippen LogP contribution in [0.25, 0.3) is 6.08 Å². The van der Waals surface area contributed by atoms with E-state index in [9.17, 15) is 10.1 Å². The maximum Gasteiger partial charge on any atom is 0.266 e. The predicted octanol–water partition coefficient (Wildman–Crippen LogP) is 3.25. The van der Waals surface area contributed by atoms with Gasteiger partial charge >= 0.3 is 0 Å². The second-order valence-electron chi connectivity index (χ2n) is 4.88. The number of anilines is 1. The third-order valence-electron chi connectivity index (χ3n) is 3.24. The molecule has 0 heterocycles. The van der Waals surface area contributed by atoms with E-state index >= 15 is 0 Å². The van der Waals surface area contributed by atoms with E-state index in [1.807, 2.05) is 6.07 Å². The third-order valence-corrected chi connectivity index (χ3v) is 3.24. The van der Waals surface area contributed by atoms with Crippen LogP contribution in [-0.2, 0) is 4.79 Å². The number of methoxy groups -OCH3 is 1. The number of nitrogens with one attached hydrogen (secondary N) is 1. The number of nitriles is 1. The molecule has 1 N–H and O–H groups in total. The molecular formula is C20H16N2O3. The van der Waals surface area contributed by atoms with Gasteiger partial charge in [-0.25, -0.2) is 0 Å². The van der Waals surface area contributed by atoms with E-state index in [-0.39, 0.29) is 12.2 Å². The first kappa shape index (κ1) is 17.7. The van der Waals surface area contributed by atoms with E-state index in [2.05, 4.69) is 11.2 Å². The molecule has 0 fully saturated rings. The van der Waals surface area contributed by atoms with E-state index in [1.54, 1.807) is 55.6 Å². The Morgan fingerprint density at radius 3 is 2.60 bits per heavy atom. The molecule has 0 aromatic heterocycles. The third kappa shape index (κ3) is 4.89.